The standard InChI is InChI=1S/C16H21N3OS/c20-15-14-11-6-2-3-7-12(11)21-16(14)18-13(17-15)10-19-8-4-1-5-9-19/h14H,1-10H2. The van der Waals surface area contributed by atoms with E-state index in [4.69, 9.17) is 4.99 Å². The van der Waals surface area contributed by atoms with Gasteiger partial charge in [-0.15, -0.1) is 0 Å². The van der Waals surface area contributed by atoms with E-state index in [1.54, 1.807) is 11.8 Å². The first-order valence-corrected chi connectivity index (χ1v) is 8.95. The first-order valence-electron chi connectivity index (χ1n) is 8.13. The first kappa shape index (κ1) is 13.7. The lowest BCUT2D eigenvalue weighted by atomic mass is 9.89. The van der Waals surface area contributed by atoms with E-state index >= 15 is 0 Å². The lowest BCUT2D eigenvalue weighted by Gasteiger charge is -2.27. The summed E-state index contributed by atoms with van der Waals surface area (Å²) in [7, 11) is 0. The molecule has 0 bridgehead atoms. The van der Waals surface area contributed by atoms with Crippen molar-refractivity contribution in [2.45, 2.75) is 44.9 Å². The maximum atomic E-state index is 12.4. The number of aliphatic imine (C=N–C) groups is 2. The molecule has 3 heterocycles. The van der Waals surface area contributed by atoms with Crippen LogP contribution in [-0.4, -0.2) is 41.3 Å². The van der Waals surface area contributed by atoms with Gasteiger partial charge in [0.25, 0.3) is 5.91 Å². The van der Waals surface area contributed by atoms with Gasteiger partial charge < -0.3 is 0 Å². The van der Waals surface area contributed by atoms with E-state index in [-0.39, 0.29) is 11.8 Å². The Hall–Kier alpha value is -0.940. The number of hydrogen-bond donors (Lipinski definition) is 0. The van der Waals surface area contributed by atoms with Crippen LogP contribution < -0.4 is 0 Å². The Morgan fingerprint density at radius 2 is 1.86 bits per heavy atom. The molecule has 4 aliphatic rings. The van der Waals surface area contributed by atoms with E-state index < -0.39 is 0 Å². The molecule has 1 saturated heterocycles. The molecule has 1 unspecified atom stereocenters. The van der Waals surface area contributed by atoms with Crippen LogP contribution in [0.15, 0.2) is 20.5 Å². The van der Waals surface area contributed by atoms with Crippen LogP contribution in [0.4, 0.5) is 0 Å². The van der Waals surface area contributed by atoms with Gasteiger partial charge in [0.05, 0.1) is 11.6 Å². The predicted molar refractivity (Wildman–Crippen MR) is 86.7 cm³/mol. The second-order valence-corrected chi connectivity index (χ2v) is 7.46. The predicted octanol–water partition coefficient (Wildman–Crippen LogP) is 3.00. The van der Waals surface area contributed by atoms with Gasteiger partial charge >= 0.3 is 0 Å². The highest BCUT2D eigenvalue weighted by Crippen LogP contribution is 2.47. The SMILES string of the molecule is O=C1N=C(CN2CCCCC2)N=C2SC3=C(CCCC3)C12. The van der Waals surface area contributed by atoms with Crippen molar-refractivity contribution in [1.29, 1.82) is 0 Å². The molecule has 0 N–H and O–H groups in total. The molecular weight excluding hydrogens is 282 g/mol. The third-order valence-corrected chi connectivity index (χ3v) is 6.07. The summed E-state index contributed by atoms with van der Waals surface area (Å²) in [5, 5.41) is 1.01. The van der Waals surface area contributed by atoms with Gasteiger partial charge in [-0.1, -0.05) is 18.2 Å². The average molecular weight is 303 g/mol. The van der Waals surface area contributed by atoms with Crippen molar-refractivity contribution in [2.24, 2.45) is 15.9 Å². The summed E-state index contributed by atoms with van der Waals surface area (Å²) < 4.78 is 0. The van der Waals surface area contributed by atoms with Gasteiger partial charge in [-0.05, 0) is 62.1 Å². The summed E-state index contributed by atoms with van der Waals surface area (Å²) >= 11 is 1.76. The summed E-state index contributed by atoms with van der Waals surface area (Å²) in [6, 6.07) is 0. The second-order valence-electron chi connectivity index (χ2n) is 6.34. The molecule has 0 saturated carbocycles. The van der Waals surface area contributed by atoms with Crippen molar-refractivity contribution in [3.05, 3.63) is 10.5 Å². The summed E-state index contributed by atoms with van der Waals surface area (Å²) in [6.07, 6.45) is 8.49. The van der Waals surface area contributed by atoms with Crippen LogP contribution in [0.2, 0.25) is 0 Å². The largest absolute Gasteiger partial charge is 0.296 e. The molecule has 4 nitrogen and oxygen atoms in total. The lowest BCUT2D eigenvalue weighted by molar-refractivity contribution is -0.118. The number of carbonyl (C=O) groups excluding carboxylic acids is 1. The van der Waals surface area contributed by atoms with Crippen molar-refractivity contribution in [2.75, 3.05) is 19.6 Å². The molecule has 1 atom stereocenters. The minimum atomic E-state index is -0.115. The fourth-order valence-corrected chi connectivity index (χ4v) is 5.09. The molecule has 3 aliphatic heterocycles. The fourth-order valence-electron chi connectivity index (χ4n) is 3.73. The molecular formula is C16H21N3OS. The monoisotopic (exact) mass is 303 g/mol. The van der Waals surface area contributed by atoms with Crippen LogP contribution in [0.3, 0.4) is 0 Å². The van der Waals surface area contributed by atoms with Crippen molar-refractivity contribution < 1.29 is 4.79 Å². The highest BCUT2D eigenvalue weighted by molar-refractivity contribution is 8.17. The minimum absolute atomic E-state index is 0.0337. The summed E-state index contributed by atoms with van der Waals surface area (Å²) in [5.41, 5.74) is 1.33. The second kappa shape index (κ2) is 5.69. The summed E-state index contributed by atoms with van der Waals surface area (Å²) in [4.78, 5) is 25.3. The smallest absolute Gasteiger partial charge is 0.261 e. The summed E-state index contributed by atoms with van der Waals surface area (Å²) in [5.74, 6) is 0.655. The maximum absolute atomic E-state index is 12.4. The molecule has 21 heavy (non-hydrogen) atoms. The number of piperidine rings is 1. The van der Waals surface area contributed by atoms with E-state index in [9.17, 15) is 4.79 Å². The Morgan fingerprint density at radius 1 is 1.05 bits per heavy atom. The van der Waals surface area contributed by atoms with Crippen molar-refractivity contribution in [3.8, 4) is 0 Å². The number of allylic oxidation sites excluding steroid dienone is 1. The fraction of sp³-hybridized carbons (Fsp3) is 0.688. The Bertz CT molecular complexity index is 558. The zero-order valence-electron chi connectivity index (χ0n) is 12.3. The summed E-state index contributed by atoms with van der Waals surface area (Å²) in [6.45, 7) is 2.97. The van der Waals surface area contributed by atoms with Gasteiger partial charge in [-0.25, -0.2) is 4.99 Å². The third kappa shape index (κ3) is 2.61. The number of amides is 1. The topological polar surface area (TPSA) is 45.0 Å². The Balaban J connectivity index is 1.52. The van der Waals surface area contributed by atoms with Gasteiger partial charge in [-0.2, -0.15) is 4.99 Å². The highest BCUT2D eigenvalue weighted by Gasteiger charge is 2.40. The molecule has 5 heteroatoms. The number of rotatable bonds is 2. The van der Waals surface area contributed by atoms with E-state index in [0.717, 1.165) is 43.4 Å². The zero-order valence-corrected chi connectivity index (χ0v) is 13.1. The molecule has 0 spiro atoms. The van der Waals surface area contributed by atoms with Gasteiger partial charge in [0, 0.05) is 0 Å². The molecule has 1 amide bonds. The van der Waals surface area contributed by atoms with Crippen LogP contribution >= 0.6 is 11.8 Å². The Kier molecular flexibility index (Phi) is 3.71. The lowest BCUT2D eigenvalue weighted by Crippen LogP contribution is -2.36. The van der Waals surface area contributed by atoms with E-state index in [1.165, 1.54) is 42.6 Å². The number of nitrogens with zero attached hydrogens (tertiary/aromatic N) is 3. The maximum Gasteiger partial charge on any atom is 0.261 e. The number of thioether (sulfide) groups is 1. The number of amidine groups is 1. The number of fused-ring (bicyclic) bond motifs is 2. The quantitative estimate of drug-likeness (QED) is 0.788. The van der Waals surface area contributed by atoms with Gasteiger partial charge in [0.2, 0.25) is 0 Å². The normalized spacial score (nSPS) is 29.9. The van der Waals surface area contributed by atoms with Gasteiger partial charge in [0.15, 0.2) is 0 Å². The molecule has 112 valence electrons. The number of hydrogen-bond acceptors (Lipinski definition) is 4. The van der Waals surface area contributed by atoms with Crippen LogP contribution in [0.5, 0.6) is 0 Å². The van der Waals surface area contributed by atoms with Crippen molar-refractivity contribution in [1.82, 2.24) is 4.90 Å². The van der Waals surface area contributed by atoms with Crippen LogP contribution in [0, 0.1) is 5.92 Å². The van der Waals surface area contributed by atoms with Crippen LogP contribution in [0.25, 0.3) is 0 Å². The number of likely N-dealkylation sites (tertiary alicyclic amines) is 1. The van der Waals surface area contributed by atoms with Gasteiger partial charge in [-0.3, -0.25) is 9.69 Å². The minimum Gasteiger partial charge on any atom is -0.296 e. The van der Waals surface area contributed by atoms with Gasteiger partial charge in [0.1, 0.15) is 11.8 Å². The van der Waals surface area contributed by atoms with E-state index in [1.807, 2.05) is 0 Å². The van der Waals surface area contributed by atoms with Crippen LogP contribution in [-0.2, 0) is 4.79 Å². The zero-order chi connectivity index (χ0) is 14.2. The molecule has 0 radical (unpaired) electrons. The van der Waals surface area contributed by atoms with Crippen molar-refractivity contribution in [3.63, 3.8) is 0 Å². The molecule has 0 aromatic rings. The van der Waals surface area contributed by atoms with Crippen LogP contribution in [0.1, 0.15) is 44.9 Å². The molecule has 0 aromatic carbocycles. The Labute approximate surface area is 129 Å². The Morgan fingerprint density at radius 3 is 2.71 bits per heavy atom. The third-order valence-electron chi connectivity index (χ3n) is 4.82. The molecule has 1 fully saturated rings. The van der Waals surface area contributed by atoms with Crippen molar-refractivity contribution >= 4 is 28.5 Å². The molecule has 0 aromatic heterocycles. The number of carbonyl (C=O) groups is 1. The molecule has 4 rings (SSSR count). The van der Waals surface area contributed by atoms with E-state index in [2.05, 4.69) is 9.89 Å². The average Bonchev–Trinajstić information content (AvgIpc) is 2.87. The van der Waals surface area contributed by atoms with E-state index in [0.29, 0.717) is 0 Å². The highest BCUT2D eigenvalue weighted by atomic mass is 32.2. The first-order chi connectivity index (χ1) is 10.3. The molecule has 1 aliphatic carbocycles.